The normalized spacial score (nSPS) is 22.0. The third kappa shape index (κ3) is 3.16. The van der Waals surface area contributed by atoms with E-state index in [1.807, 2.05) is 0 Å². The average Bonchev–Trinajstić information content (AvgIpc) is 2.28. The Balaban J connectivity index is 2.88. The molecule has 1 amide bonds. The van der Waals surface area contributed by atoms with E-state index in [2.05, 4.69) is 10.1 Å². The van der Waals surface area contributed by atoms with E-state index in [1.54, 1.807) is 6.92 Å². The fraction of sp³-hybridized carbons (Fsp3) is 0.778. The molecule has 1 unspecified atom stereocenters. The molecule has 1 aliphatic heterocycles. The van der Waals surface area contributed by atoms with Crippen LogP contribution in [0.3, 0.4) is 0 Å². The zero-order valence-electron chi connectivity index (χ0n) is 9.80. The summed E-state index contributed by atoms with van der Waals surface area (Å²) in [7, 11) is -2.67. The van der Waals surface area contributed by atoms with Crippen LogP contribution in [-0.2, 0) is 24.3 Å². The highest BCUT2D eigenvalue weighted by atomic mass is 32.2. The number of ether oxygens (including phenoxy) is 1. The summed E-state index contributed by atoms with van der Waals surface area (Å²) in [6, 6.07) is -0.738. The second-order valence-corrected chi connectivity index (χ2v) is 5.58. The van der Waals surface area contributed by atoms with Gasteiger partial charge < -0.3 is 10.1 Å². The Labute approximate surface area is 100 Å². The van der Waals surface area contributed by atoms with Crippen LogP contribution in [0.25, 0.3) is 0 Å². The van der Waals surface area contributed by atoms with Gasteiger partial charge in [0.2, 0.25) is 15.9 Å². The van der Waals surface area contributed by atoms with Gasteiger partial charge in [-0.25, -0.2) is 8.42 Å². The standard InChI is InChI=1S/C9H16N2O5S/c1-3-7-9(13)10-4-5-11(7)17(14,15)6-8(12)16-2/h7H,3-6H2,1-2H3,(H,10,13). The first kappa shape index (κ1) is 13.9. The van der Waals surface area contributed by atoms with Crippen LogP contribution in [0, 0.1) is 0 Å². The molecular formula is C9H16N2O5S. The summed E-state index contributed by atoms with van der Waals surface area (Å²) in [5, 5.41) is 2.59. The minimum atomic E-state index is -3.79. The number of carbonyl (C=O) groups is 2. The molecule has 17 heavy (non-hydrogen) atoms. The molecule has 1 aliphatic rings. The van der Waals surface area contributed by atoms with E-state index in [1.165, 1.54) is 0 Å². The quantitative estimate of drug-likeness (QED) is 0.637. The topological polar surface area (TPSA) is 92.8 Å². The van der Waals surface area contributed by atoms with E-state index < -0.39 is 27.8 Å². The van der Waals surface area contributed by atoms with E-state index in [0.29, 0.717) is 6.42 Å². The molecule has 1 heterocycles. The molecule has 1 fully saturated rings. The van der Waals surface area contributed by atoms with Gasteiger partial charge in [0, 0.05) is 13.1 Å². The van der Waals surface area contributed by atoms with Crippen LogP contribution in [0.1, 0.15) is 13.3 Å². The Morgan fingerprint density at radius 1 is 1.59 bits per heavy atom. The van der Waals surface area contributed by atoms with Crippen LogP contribution in [0.5, 0.6) is 0 Å². The highest BCUT2D eigenvalue weighted by Crippen LogP contribution is 2.14. The van der Waals surface area contributed by atoms with Crippen LogP contribution >= 0.6 is 0 Å². The maximum atomic E-state index is 11.9. The predicted octanol–water partition coefficient (Wildman–Crippen LogP) is -1.30. The fourth-order valence-corrected chi connectivity index (χ4v) is 3.29. The van der Waals surface area contributed by atoms with Gasteiger partial charge >= 0.3 is 5.97 Å². The van der Waals surface area contributed by atoms with E-state index >= 15 is 0 Å². The van der Waals surface area contributed by atoms with Crippen molar-refractivity contribution in [1.29, 1.82) is 0 Å². The first-order chi connectivity index (χ1) is 7.92. The molecule has 1 saturated heterocycles. The lowest BCUT2D eigenvalue weighted by Gasteiger charge is -2.33. The summed E-state index contributed by atoms with van der Waals surface area (Å²) < 4.78 is 29.2. The Bertz CT molecular complexity index is 406. The number of rotatable bonds is 4. The van der Waals surface area contributed by atoms with Gasteiger partial charge in [-0.05, 0) is 6.42 Å². The zero-order valence-corrected chi connectivity index (χ0v) is 10.6. The van der Waals surface area contributed by atoms with Gasteiger partial charge in [-0.3, -0.25) is 9.59 Å². The minimum Gasteiger partial charge on any atom is -0.468 e. The van der Waals surface area contributed by atoms with Gasteiger partial charge in [0.1, 0.15) is 6.04 Å². The van der Waals surface area contributed by atoms with Gasteiger partial charge in [0.05, 0.1) is 7.11 Å². The minimum absolute atomic E-state index is 0.184. The molecule has 0 radical (unpaired) electrons. The average molecular weight is 264 g/mol. The van der Waals surface area contributed by atoms with E-state index in [4.69, 9.17) is 0 Å². The summed E-state index contributed by atoms with van der Waals surface area (Å²) in [6.45, 7) is 2.16. The summed E-state index contributed by atoms with van der Waals surface area (Å²) >= 11 is 0. The van der Waals surface area contributed by atoms with Crippen molar-refractivity contribution >= 4 is 21.9 Å². The van der Waals surface area contributed by atoms with Crippen molar-refractivity contribution in [3.8, 4) is 0 Å². The molecule has 0 aliphatic carbocycles. The lowest BCUT2D eigenvalue weighted by Crippen LogP contribution is -2.57. The maximum absolute atomic E-state index is 11.9. The number of nitrogens with zero attached hydrogens (tertiary/aromatic N) is 1. The summed E-state index contributed by atoms with van der Waals surface area (Å²) in [5.74, 6) is -1.88. The van der Waals surface area contributed by atoms with Crippen molar-refractivity contribution in [1.82, 2.24) is 9.62 Å². The largest absolute Gasteiger partial charge is 0.468 e. The van der Waals surface area contributed by atoms with Crippen molar-refractivity contribution in [3.63, 3.8) is 0 Å². The van der Waals surface area contributed by atoms with Gasteiger partial charge in [0.25, 0.3) is 0 Å². The lowest BCUT2D eigenvalue weighted by molar-refractivity contribution is -0.137. The SMILES string of the molecule is CCC1C(=O)NCCN1S(=O)(=O)CC(=O)OC. The van der Waals surface area contributed by atoms with E-state index in [0.717, 1.165) is 11.4 Å². The predicted molar refractivity (Wildman–Crippen MR) is 59.6 cm³/mol. The third-order valence-corrected chi connectivity index (χ3v) is 4.31. The first-order valence-electron chi connectivity index (χ1n) is 5.26. The lowest BCUT2D eigenvalue weighted by atomic mass is 10.2. The molecule has 7 nitrogen and oxygen atoms in total. The molecule has 1 N–H and O–H groups in total. The molecular weight excluding hydrogens is 248 g/mol. The maximum Gasteiger partial charge on any atom is 0.322 e. The zero-order chi connectivity index (χ0) is 13.1. The van der Waals surface area contributed by atoms with Crippen molar-refractivity contribution in [3.05, 3.63) is 0 Å². The molecule has 0 aromatic rings. The van der Waals surface area contributed by atoms with Crippen molar-refractivity contribution in [2.75, 3.05) is 26.0 Å². The number of hydrogen-bond acceptors (Lipinski definition) is 5. The second-order valence-electron chi connectivity index (χ2n) is 3.66. The number of carbonyl (C=O) groups excluding carboxylic acids is 2. The van der Waals surface area contributed by atoms with Gasteiger partial charge in [0.15, 0.2) is 5.75 Å². The number of sulfonamides is 1. The van der Waals surface area contributed by atoms with Crippen molar-refractivity contribution in [2.45, 2.75) is 19.4 Å². The number of piperazine rings is 1. The highest BCUT2D eigenvalue weighted by Gasteiger charge is 2.37. The molecule has 0 aromatic carbocycles. The summed E-state index contributed by atoms with van der Waals surface area (Å²) in [4.78, 5) is 22.5. The Morgan fingerprint density at radius 2 is 2.24 bits per heavy atom. The molecule has 98 valence electrons. The Kier molecular flexibility index (Phi) is 4.47. The molecule has 1 rings (SSSR count). The van der Waals surface area contributed by atoms with Crippen LogP contribution in [0.4, 0.5) is 0 Å². The van der Waals surface area contributed by atoms with Crippen molar-refractivity contribution < 1.29 is 22.7 Å². The van der Waals surface area contributed by atoms with Gasteiger partial charge in [-0.15, -0.1) is 0 Å². The smallest absolute Gasteiger partial charge is 0.322 e. The number of hydrogen-bond donors (Lipinski definition) is 1. The molecule has 8 heteroatoms. The van der Waals surface area contributed by atoms with Gasteiger partial charge in [-0.1, -0.05) is 6.92 Å². The van der Waals surface area contributed by atoms with Crippen molar-refractivity contribution in [2.24, 2.45) is 0 Å². The molecule has 1 atom stereocenters. The van der Waals surface area contributed by atoms with Crippen LogP contribution in [0.2, 0.25) is 0 Å². The molecule has 0 bridgehead atoms. The fourth-order valence-electron chi connectivity index (χ4n) is 1.71. The number of esters is 1. The summed E-state index contributed by atoms with van der Waals surface area (Å²) in [5.41, 5.74) is 0. The highest BCUT2D eigenvalue weighted by molar-refractivity contribution is 7.89. The van der Waals surface area contributed by atoms with Crippen LogP contribution < -0.4 is 5.32 Å². The molecule has 0 spiro atoms. The van der Waals surface area contributed by atoms with Crippen LogP contribution in [-0.4, -0.2) is 56.6 Å². The van der Waals surface area contributed by atoms with Gasteiger partial charge in [-0.2, -0.15) is 4.31 Å². The second kappa shape index (κ2) is 5.46. The first-order valence-corrected chi connectivity index (χ1v) is 6.87. The number of nitrogens with one attached hydrogen (secondary N) is 1. The van der Waals surface area contributed by atoms with E-state index in [-0.39, 0.29) is 19.0 Å². The number of methoxy groups -OCH3 is 1. The number of amides is 1. The molecule has 0 saturated carbocycles. The Morgan fingerprint density at radius 3 is 2.76 bits per heavy atom. The third-order valence-electron chi connectivity index (χ3n) is 2.55. The Hall–Kier alpha value is -1.15. The monoisotopic (exact) mass is 264 g/mol. The van der Waals surface area contributed by atoms with Crippen LogP contribution in [0.15, 0.2) is 0 Å². The summed E-state index contributed by atoms with van der Waals surface area (Å²) in [6.07, 6.45) is 0.367. The molecule has 0 aromatic heterocycles. The van der Waals surface area contributed by atoms with E-state index in [9.17, 15) is 18.0 Å².